The van der Waals surface area contributed by atoms with E-state index in [9.17, 15) is 18.5 Å². The molecule has 2 aromatic carbocycles. The van der Waals surface area contributed by atoms with Crippen LogP contribution in [0.4, 0.5) is 5.13 Å². The molecule has 0 atom stereocenters. The number of ether oxygens (including phenoxy) is 1. The molecule has 0 spiro atoms. The van der Waals surface area contributed by atoms with E-state index in [-0.39, 0.29) is 15.9 Å². The van der Waals surface area contributed by atoms with Crippen LogP contribution in [0.1, 0.15) is 12.0 Å². The Balaban J connectivity index is 1.50. The van der Waals surface area contributed by atoms with Crippen LogP contribution in [0.5, 0.6) is 5.75 Å². The zero-order valence-electron chi connectivity index (χ0n) is 18.7. The predicted molar refractivity (Wildman–Crippen MR) is 134 cm³/mol. The lowest BCUT2D eigenvalue weighted by molar-refractivity contribution is -0.112. The van der Waals surface area contributed by atoms with E-state index in [4.69, 9.17) is 4.74 Å². The van der Waals surface area contributed by atoms with Gasteiger partial charge in [-0.3, -0.25) is 10.1 Å². The first kappa shape index (κ1) is 24.1. The quantitative estimate of drug-likeness (QED) is 0.207. The van der Waals surface area contributed by atoms with Crippen LogP contribution in [0.25, 0.3) is 17.0 Å². The lowest BCUT2D eigenvalue weighted by atomic mass is 10.1. The maximum absolute atomic E-state index is 12.7. The van der Waals surface area contributed by atoms with Crippen LogP contribution in [-0.2, 0) is 21.2 Å². The number of benzene rings is 2. The molecule has 0 saturated heterocycles. The van der Waals surface area contributed by atoms with E-state index in [1.807, 2.05) is 66.9 Å². The van der Waals surface area contributed by atoms with Crippen molar-refractivity contribution in [1.82, 2.24) is 13.9 Å². The molecule has 0 aliphatic carbocycles. The average molecular weight is 508 g/mol. The van der Waals surface area contributed by atoms with Gasteiger partial charge in [0.15, 0.2) is 0 Å². The molecule has 0 bridgehead atoms. The molecule has 9 nitrogen and oxygen atoms in total. The van der Waals surface area contributed by atoms with Gasteiger partial charge in [-0.2, -0.15) is 14.6 Å². The normalized spacial score (nSPS) is 11.8. The van der Waals surface area contributed by atoms with Crippen LogP contribution in [0, 0.1) is 11.3 Å². The number of anilines is 1. The van der Waals surface area contributed by atoms with Crippen LogP contribution in [0.15, 0.2) is 71.5 Å². The Labute approximate surface area is 206 Å². The summed E-state index contributed by atoms with van der Waals surface area (Å²) >= 11 is 0.730. The standard InChI is InChI=1S/C24H21N5O4S2/c1-35(31,32)24-27-23(34-28-24)26-22(30)17(15-25)14-18-16-29(21-11-6-5-10-20(18)21)12-7-13-33-19-8-3-2-4-9-19/h2-6,8-11,14,16H,7,12-13H2,1H3,(H,26,27,28,30)/b17-14-. The number of fused-ring (bicyclic) bond motifs is 1. The largest absolute Gasteiger partial charge is 0.494 e. The van der Waals surface area contributed by atoms with Crippen LogP contribution in [-0.4, -0.2) is 41.1 Å². The molecule has 0 radical (unpaired) electrons. The van der Waals surface area contributed by atoms with Gasteiger partial charge >= 0.3 is 0 Å². The Morgan fingerprint density at radius 3 is 2.66 bits per heavy atom. The van der Waals surface area contributed by atoms with Gasteiger partial charge in [0, 0.05) is 47.0 Å². The maximum Gasteiger partial charge on any atom is 0.268 e. The summed E-state index contributed by atoms with van der Waals surface area (Å²) in [6.45, 7) is 1.24. The summed E-state index contributed by atoms with van der Waals surface area (Å²) < 4.78 is 34.7. The highest BCUT2D eigenvalue weighted by Gasteiger charge is 2.18. The molecule has 1 amide bonds. The molecule has 4 rings (SSSR count). The number of nitrogens with zero attached hydrogens (tertiary/aromatic N) is 4. The van der Waals surface area contributed by atoms with Gasteiger partial charge in [-0.25, -0.2) is 8.42 Å². The highest BCUT2D eigenvalue weighted by molar-refractivity contribution is 7.90. The number of para-hydroxylation sites is 2. The van der Waals surface area contributed by atoms with Crippen molar-refractivity contribution >= 4 is 49.4 Å². The molecule has 4 aromatic rings. The van der Waals surface area contributed by atoms with E-state index in [2.05, 4.69) is 19.2 Å². The van der Waals surface area contributed by atoms with Crippen molar-refractivity contribution in [2.45, 2.75) is 18.1 Å². The van der Waals surface area contributed by atoms with E-state index < -0.39 is 15.7 Å². The zero-order valence-corrected chi connectivity index (χ0v) is 20.3. The second kappa shape index (κ2) is 10.5. The third kappa shape index (κ3) is 5.92. The SMILES string of the molecule is CS(=O)(=O)c1nsc(NC(=O)/C(C#N)=C\c2cn(CCCOc3ccccc3)c3ccccc23)n1. The highest BCUT2D eigenvalue weighted by Crippen LogP contribution is 2.25. The number of amides is 1. The third-order valence-electron chi connectivity index (χ3n) is 5.00. The molecule has 0 unspecified atom stereocenters. The Morgan fingerprint density at radius 2 is 1.94 bits per heavy atom. The fourth-order valence-corrected chi connectivity index (χ4v) is 4.84. The molecular formula is C24H21N5O4S2. The monoisotopic (exact) mass is 507 g/mol. The second-order valence-corrected chi connectivity index (χ2v) is 10.2. The van der Waals surface area contributed by atoms with Crippen molar-refractivity contribution in [2.75, 3.05) is 18.2 Å². The predicted octanol–water partition coefficient (Wildman–Crippen LogP) is 3.91. The first-order valence-electron chi connectivity index (χ1n) is 10.6. The van der Waals surface area contributed by atoms with Gasteiger partial charge in [-0.15, -0.1) is 0 Å². The van der Waals surface area contributed by atoms with E-state index in [1.165, 1.54) is 6.08 Å². The summed E-state index contributed by atoms with van der Waals surface area (Å²) in [6.07, 6.45) is 5.14. The first-order valence-corrected chi connectivity index (χ1v) is 13.2. The highest BCUT2D eigenvalue weighted by atomic mass is 32.2. The molecule has 0 fully saturated rings. The van der Waals surface area contributed by atoms with Crippen molar-refractivity contribution in [3.05, 3.63) is 71.9 Å². The number of hydrogen-bond donors (Lipinski definition) is 1. The lowest BCUT2D eigenvalue weighted by Crippen LogP contribution is -2.13. The minimum absolute atomic E-state index is 0.00239. The smallest absolute Gasteiger partial charge is 0.268 e. The summed E-state index contributed by atoms with van der Waals surface area (Å²) in [5.74, 6) is 0.119. The van der Waals surface area contributed by atoms with Crippen molar-refractivity contribution < 1.29 is 17.9 Å². The number of nitriles is 1. The molecule has 0 aliphatic rings. The molecular weight excluding hydrogens is 486 g/mol. The lowest BCUT2D eigenvalue weighted by Gasteiger charge is -2.07. The molecule has 178 valence electrons. The van der Waals surface area contributed by atoms with Crippen molar-refractivity contribution in [2.24, 2.45) is 0 Å². The Morgan fingerprint density at radius 1 is 1.20 bits per heavy atom. The maximum atomic E-state index is 12.7. The first-order chi connectivity index (χ1) is 16.8. The number of rotatable bonds is 9. The number of sulfone groups is 1. The molecule has 2 heterocycles. The van der Waals surface area contributed by atoms with E-state index in [0.29, 0.717) is 18.7 Å². The Kier molecular flexibility index (Phi) is 7.24. The van der Waals surface area contributed by atoms with Crippen molar-refractivity contribution in [1.29, 1.82) is 5.26 Å². The molecule has 11 heteroatoms. The number of nitrogens with one attached hydrogen (secondary N) is 1. The van der Waals surface area contributed by atoms with Crippen LogP contribution >= 0.6 is 11.5 Å². The average Bonchev–Trinajstić information content (AvgIpc) is 3.46. The number of hydrogen-bond acceptors (Lipinski definition) is 8. The van der Waals surface area contributed by atoms with Gasteiger partial charge < -0.3 is 9.30 Å². The fraction of sp³-hybridized carbons (Fsp3) is 0.167. The third-order valence-corrected chi connectivity index (χ3v) is 6.59. The Bertz CT molecular complexity index is 1530. The number of aromatic nitrogens is 3. The number of aryl methyl sites for hydroxylation is 1. The number of carbonyl (C=O) groups excluding carboxylic acids is 1. The molecule has 0 saturated carbocycles. The topological polar surface area (TPSA) is 127 Å². The fourth-order valence-electron chi connectivity index (χ4n) is 3.40. The second-order valence-electron chi connectivity index (χ2n) is 7.59. The Hall–Kier alpha value is -4.01. The van der Waals surface area contributed by atoms with Crippen LogP contribution < -0.4 is 10.1 Å². The van der Waals surface area contributed by atoms with E-state index in [0.717, 1.165) is 40.9 Å². The van der Waals surface area contributed by atoms with E-state index in [1.54, 1.807) is 0 Å². The van der Waals surface area contributed by atoms with Gasteiger partial charge in [0.05, 0.1) is 6.61 Å². The summed E-state index contributed by atoms with van der Waals surface area (Å²) in [5.41, 5.74) is 1.54. The minimum atomic E-state index is -3.59. The molecule has 2 aromatic heterocycles. The van der Waals surface area contributed by atoms with Gasteiger partial charge in [-0.1, -0.05) is 36.4 Å². The minimum Gasteiger partial charge on any atom is -0.494 e. The van der Waals surface area contributed by atoms with Gasteiger partial charge in [0.2, 0.25) is 15.0 Å². The van der Waals surface area contributed by atoms with Crippen molar-refractivity contribution in [3.63, 3.8) is 0 Å². The van der Waals surface area contributed by atoms with Gasteiger partial charge in [0.25, 0.3) is 11.1 Å². The number of carbonyl (C=O) groups is 1. The van der Waals surface area contributed by atoms with Crippen LogP contribution in [0.2, 0.25) is 0 Å². The van der Waals surface area contributed by atoms with Crippen LogP contribution in [0.3, 0.4) is 0 Å². The molecule has 1 N–H and O–H groups in total. The van der Waals surface area contributed by atoms with Gasteiger partial charge in [0.1, 0.15) is 17.4 Å². The molecule has 35 heavy (non-hydrogen) atoms. The van der Waals surface area contributed by atoms with Crippen molar-refractivity contribution in [3.8, 4) is 11.8 Å². The molecule has 0 aliphatic heterocycles. The summed E-state index contributed by atoms with van der Waals surface area (Å²) in [5, 5.41) is 12.6. The van der Waals surface area contributed by atoms with E-state index >= 15 is 0 Å². The summed E-state index contributed by atoms with van der Waals surface area (Å²) in [7, 11) is -3.59. The van der Waals surface area contributed by atoms with Gasteiger partial charge in [-0.05, 0) is 30.7 Å². The zero-order chi connectivity index (χ0) is 24.8. The summed E-state index contributed by atoms with van der Waals surface area (Å²) in [4.78, 5) is 16.5. The summed E-state index contributed by atoms with van der Waals surface area (Å²) in [6, 6.07) is 19.2.